The van der Waals surface area contributed by atoms with Gasteiger partial charge in [0, 0.05) is 18.5 Å². The summed E-state index contributed by atoms with van der Waals surface area (Å²) in [5, 5.41) is 0. The molecule has 1 aromatic rings. The number of benzene rings is 1. The van der Waals surface area contributed by atoms with Crippen LogP contribution in [0.3, 0.4) is 0 Å². The Kier molecular flexibility index (Phi) is 5.95. The summed E-state index contributed by atoms with van der Waals surface area (Å²) in [7, 11) is 0. The quantitative estimate of drug-likeness (QED) is 0.813. The summed E-state index contributed by atoms with van der Waals surface area (Å²) < 4.78 is 38.3. The predicted molar refractivity (Wildman–Crippen MR) is 78.5 cm³/mol. The second-order valence-corrected chi connectivity index (χ2v) is 5.50. The molecule has 6 heteroatoms. The summed E-state index contributed by atoms with van der Waals surface area (Å²) in [6.07, 6.45) is -4.03. The number of hydrogen-bond donors (Lipinski definition) is 1. The van der Waals surface area contributed by atoms with Crippen molar-refractivity contribution < 1.29 is 13.2 Å². The van der Waals surface area contributed by atoms with E-state index in [2.05, 4.69) is 0 Å². The molecule has 0 spiro atoms. The Balaban J connectivity index is 3.08. The highest BCUT2D eigenvalue weighted by atomic mass is 32.1. The molecular formula is C14H19F3N2S. The molecule has 112 valence electrons. The average molecular weight is 304 g/mol. The van der Waals surface area contributed by atoms with Crippen LogP contribution in [0.2, 0.25) is 0 Å². The van der Waals surface area contributed by atoms with Crippen molar-refractivity contribution in [2.75, 3.05) is 6.54 Å². The van der Waals surface area contributed by atoms with Gasteiger partial charge in [-0.15, -0.1) is 0 Å². The Hall–Kier alpha value is -1.14. The summed E-state index contributed by atoms with van der Waals surface area (Å²) in [6.45, 7) is 2.50. The lowest BCUT2D eigenvalue weighted by atomic mass is 10.0. The van der Waals surface area contributed by atoms with Crippen LogP contribution < -0.4 is 5.73 Å². The van der Waals surface area contributed by atoms with E-state index >= 15 is 0 Å². The highest BCUT2D eigenvalue weighted by Gasteiger charge is 2.35. The molecule has 0 aliphatic heterocycles. The highest BCUT2D eigenvalue weighted by molar-refractivity contribution is 7.80. The molecule has 1 unspecified atom stereocenters. The Morgan fingerprint density at radius 3 is 2.20 bits per heavy atom. The van der Waals surface area contributed by atoms with E-state index in [1.54, 1.807) is 38.1 Å². The van der Waals surface area contributed by atoms with Crippen LogP contribution in [0.15, 0.2) is 30.3 Å². The Bertz CT molecular complexity index is 432. The molecule has 0 saturated heterocycles. The minimum atomic E-state index is -4.26. The van der Waals surface area contributed by atoms with Crippen molar-refractivity contribution in [1.29, 1.82) is 0 Å². The van der Waals surface area contributed by atoms with Gasteiger partial charge in [0.15, 0.2) is 0 Å². The van der Waals surface area contributed by atoms with Crippen molar-refractivity contribution >= 4 is 17.2 Å². The van der Waals surface area contributed by atoms with Gasteiger partial charge in [-0.1, -0.05) is 42.5 Å². The topological polar surface area (TPSA) is 29.3 Å². The number of hydrogen-bond acceptors (Lipinski definition) is 2. The fourth-order valence-electron chi connectivity index (χ4n) is 2.15. The Morgan fingerprint density at radius 2 is 1.80 bits per heavy atom. The van der Waals surface area contributed by atoms with Gasteiger partial charge >= 0.3 is 6.18 Å². The second-order valence-electron chi connectivity index (χ2n) is 4.98. The lowest BCUT2D eigenvalue weighted by molar-refractivity contribution is -0.155. The normalized spacial score (nSPS) is 13.8. The second kappa shape index (κ2) is 7.04. The van der Waals surface area contributed by atoms with E-state index in [0.29, 0.717) is 0 Å². The molecule has 1 atom stereocenters. The molecule has 0 fully saturated rings. The maximum absolute atomic E-state index is 12.8. The van der Waals surface area contributed by atoms with Crippen molar-refractivity contribution in [3.05, 3.63) is 35.9 Å². The van der Waals surface area contributed by atoms with Crippen molar-refractivity contribution in [1.82, 2.24) is 4.90 Å². The molecule has 1 aromatic carbocycles. The molecule has 0 saturated carbocycles. The van der Waals surface area contributed by atoms with Crippen molar-refractivity contribution in [2.24, 2.45) is 5.73 Å². The number of rotatable bonds is 6. The summed E-state index contributed by atoms with van der Waals surface area (Å²) in [4.78, 5) is 1.60. The van der Waals surface area contributed by atoms with Crippen LogP contribution in [0.5, 0.6) is 0 Å². The number of nitrogens with zero attached hydrogens (tertiary/aromatic N) is 1. The zero-order valence-electron chi connectivity index (χ0n) is 11.5. The maximum atomic E-state index is 12.8. The summed E-state index contributed by atoms with van der Waals surface area (Å²) in [5.74, 6) is 0. The van der Waals surface area contributed by atoms with Gasteiger partial charge in [-0.3, -0.25) is 4.90 Å². The van der Waals surface area contributed by atoms with Crippen LogP contribution in [-0.4, -0.2) is 28.7 Å². The molecule has 2 nitrogen and oxygen atoms in total. The number of halogens is 3. The lowest BCUT2D eigenvalue weighted by Gasteiger charge is -2.35. The maximum Gasteiger partial charge on any atom is 0.401 e. The highest BCUT2D eigenvalue weighted by Crippen LogP contribution is 2.30. The Labute approximate surface area is 122 Å². The molecule has 0 aliphatic carbocycles. The molecule has 0 aromatic heterocycles. The minimum absolute atomic E-state index is 0.215. The van der Waals surface area contributed by atoms with Crippen molar-refractivity contribution in [3.63, 3.8) is 0 Å². The summed E-state index contributed by atoms with van der Waals surface area (Å²) in [5.41, 5.74) is 6.35. The fraction of sp³-hybridized carbons (Fsp3) is 0.500. The SMILES string of the molecule is CC(C)N(CC(F)(F)F)C(CC(N)=S)c1ccccc1. The number of alkyl halides is 3. The standard InChI is InChI=1S/C14H19F3N2S/c1-10(2)19(9-14(15,16)17)12(8-13(18)20)11-6-4-3-5-7-11/h3-7,10,12H,8-9H2,1-2H3,(H2,18,20). The average Bonchev–Trinajstić information content (AvgIpc) is 2.33. The zero-order chi connectivity index (χ0) is 15.3. The molecule has 2 N–H and O–H groups in total. The first-order valence-electron chi connectivity index (χ1n) is 6.36. The van der Waals surface area contributed by atoms with Gasteiger partial charge in [0.25, 0.3) is 0 Å². The predicted octanol–water partition coefficient (Wildman–Crippen LogP) is 3.68. The van der Waals surface area contributed by atoms with E-state index in [9.17, 15) is 13.2 Å². The van der Waals surface area contributed by atoms with Gasteiger partial charge < -0.3 is 5.73 Å². The largest absolute Gasteiger partial charge is 0.401 e. The van der Waals surface area contributed by atoms with Gasteiger partial charge in [-0.05, 0) is 19.4 Å². The monoisotopic (exact) mass is 304 g/mol. The third kappa shape index (κ3) is 5.46. The number of nitrogens with two attached hydrogens (primary N) is 1. The van der Waals surface area contributed by atoms with E-state index in [-0.39, 0.29) is 17.5 Å². The van der Waals surface area contributed by atoms with Crippen LogP contribution in [0.4, 0.5) is 13.2 Å². The van der Waals surface area contributed by atoms with E-state index in [4.69, 9.17) is 18.0 Å². The molecule has 20 heavy (non-hydrogen) atoms. The van der Waals surface area contributed by atoms with Crippen LogP contribution >= 0.6 is 12.2 Å². The van der Waals surface area contributed by atoms with Gasteiger partial charge in [-0.2, -0.15) is 13.2 Å². The lowest BCUT2D eigenvalue weighted by Crippen LogP contribution is -2.42. The van der Waals surface area contributed by atoms with E-state index in [1.165, 1.54) is 4.90 Å². The third-order valence-electron chi connectivity index (χ3n) is 3.00. The van der Waals surface area contributed by atoms with Gasteiger partial charge in [0.1, 0.15) is 0 Å². The van der Waals surface area contributed by atoms with Crippen LogP contribution in [-0.2, 0) is 0 Å². The van der Waals surface area contributed by atoms with E-state index < -0.39 is 18.8 Å². The molecular weight excluding hydrogens is 285 g/mol. The van der Waals surface area contributed by atoms with Crippen molar-refractivity contribution in [2.45, 2.75) is 38.5 Å². The van der Waals surface area contributed by atoms with E-state index in [1.807, 2.05) is 6.07 Å². The van der Waals surface area contributed by atoms with Crippen LogP contribution in [0, 0.1) is 0 Å². The first-order chi connectivity index (χ1) is 9.20. The van der Waals surface area contributed by atoms with Crippen molar-refractivity contribution in [3.8, 4) is 0 Å². The molecule has 0 amide bonds. The smallest absolute Gasteiger partial charge is 0.393 e. The van der Waals surface area contributed by atoms with Gasteiger partial charge in [0.05, 0.1) is 11.5 Å². The molecule has 0 bridgehead atoms. The summed E-state index contributed by atoms with van der Waals surface area (Å²) >= 11 is 4.89. The first-order valence-corrected chi connectivity index (χ1v) is 6.77. The molecule has 0 aliphatic rings. The van der Waals surface area contributed by atoms with Gasteiger partial charge in [-0.25, -0.2) is 0 Å². The van der Waals surface area contributed by atoms with E-state index in [0.717, 1.165) is 5.56 Å². The fourth-order valence-corrected chi connectivity index (χ4v) is 2.31. The molecule has 0 radical (unpaired) electrons. The first kappa shape index (κ1) is 16.9. The number of thiocarbonyl (C=S) groups is 1. The Morgan fingerprint density at radius 1 is 1.25 bits per heavy atom. The zero-order valence-corrected chi connectivity index (χ0v) is 12.3. The molecule has 1 rings (SSSR count). The van der Waals surface area contributed by atoms with Gasteiger partial charge in [0.2, 0.25) is 0 Å². The third-order valence-corrected chi connectivity index (χ3v) is 3.17. The summed E-state index contributed by atoms with van der Waals surface area (Å²) in [6, 6.07) is 8.29. The molecule has 0 heterocycles. The minimum Gasteiger partial charge on any atom is -0.393 e. The van der Waals surface area contributed by atoms with Crippen LogP contribution in [0.1, 0.15) is 31.9 Å². The van der Waals surface area contributed by atoms with Crippen LogP contribution in [0.25, 0.3) is 0 Å².